The molecule has 8 heteroatoms. The number of pyridine rings is 1. The number of nitrogens with zero attached hydrogens (tertiary/aromatic N) is 5. The van der Waals surface area contributed by atoms with Crippen molar-refractivity contribution >= 4 is 17.6 Å². The van der Waals surface area contributed by atoms with E-state index in [1.54, 1.807) is 30.5 Å². The van der Waals surface area contributed by atoms with Crippen molar-refractivity contribution in [2.45, 2.75) is 19.5 Å². The second kappa shape index (κ2) is 6.68. The maximum atomic E-state index is 12.1. The van der Waals surface area contributed by atoms with Crippen LogP contribution in [0.5, 0.6) is 0 Å². The van der Waals surface area contributed by atoms with Crippen LogP contribution in [0.4, 0.5) is 0 Å². The minimum absolute atomic E-state index is 0.0126. The third-order valence-corrected chi connectivity index (χ3v) is 4.27. The van der Waals surface area contributed by atoms with Gasteiger partial charge in [0, 0.05) is 23.2 Å². The first-order valence-electron chi connectivity index (χ1n) is 7.66. The molecule has 0 saturated carbocycles. The van der Waals surface area contributed by atoms with Crippen molar-refractivity contribution in [1.82, 2.24) is 4.98 Å². The standard InChI is InChI=1S/C17H16ClN5O2/c1-10(2)17(20-22-23-21-17)13-7-11(6-12(8-13)16(24)25-3)15-5-4-14(18)9-19-15/h4-10H,1-3H3. The van der Waals surface area contributed by atoms with Gasteiger partial charge in [-0.15, -0.1) is 10.2 Å². The van der Waals surface area contributed by atoms with E-state index in [-0.39, 0.29) is 5.92 Å². The zero-order chi connectivity index (χ0) is 18.0. The van der Waals surface area contributed by atoms with Crippen molar-refractivity contribution in [3.8, 4) is 11.3 Å². The van der Waals surface area contributed by atoms with Gasteiger partial charge in [0.05, 0.1) is 23.4 Å². The number of esters is 1. The van der Waals surface area contributed by atoms with Gasteiger partial charge in [-0.1, -0.05) is 25.4 Å². The van der Waals surface area contributed by atoms with Crippen molar-refractivity contribution in [3.63, 3.8) is 0 Å². The minimum atomic E-state index is -0.967. The van der Waals surface area contributed by atoms with Gasteiger partial charge in [0.1, 0.15) is 0 Å². The fraction of sp³-hybridized carbons (Fsp3) is 0.294. The van der Waals surface area contributed by atoms with Gasteiger partial charge in [0.2, 0.25) is 5.66 Å². The summed E-state index contributed by atoms with van der Waals surface area (Å²) in [6.07, 6.45) is 1.55. The molecule has 0 unspecified atom stereocenters. The molecule has 2 aromatic rings. The molecule has 3 rings (SSSR count). The Bertz CT molecular complexity index is 850. The maximum Gasteiger partial charge on any atom is 0.337 e. The highest BCUT2D eigenvalue weighted by atomic mass is 35.5. The summed E-state index contributed by atoms with van der Waals surface area (Å²) in [6, 6.07) is 8.81. The van der Waals surface area contributed by atoms with Crippen LogP contribution in [0.2, 0.25) is 5.02 Å². The Labute approximate surface area is 149 Å². The first kappa shape index (κ1) is 17.2. The highest BCUT2D eigenvalue weighted by molar-refractivity contribution is 6.30. The number of carbonyl (C=O) groups is 1. The van der Waals surface area contributed by atoms with E-state index >= 15 is 0 Å². The fourth-order valence-electron chi connectivity index (χ4n) is 2.65. The lowest BCUT2D eigenvalue weighted by Gasteiger charge is -2.25. The zero-order valence-corrected chi connectivity index (χ0v) is 14.7. The summed E-state index contributed by atoms with van der Waals surface area (Å²) in [5, 5.41) is 16.3. The van der Waals surface area contributed by atoms with Gasteiger partial charge in [-0.05, 0) is 40.8 Å². The van der Waals surface area contributed by atoms with E-state index in [1.165, 1.54) is 7.11 Å². The second-order valence-corrected chi connectivity index (χ2v) is 6.35. The van der Waals surface area contributed by atoms with Gasteiger partial charge < -0.3 is 4.74 Å². The van der Waals surface area contributed by atoms with Gasteiger partial charge in [-0.2, -0.15) is 0 Å². The Morgan fingerprint density at radius 3 is 2.44 bits per heavy atom. The van der Waals surface area contributed by atoms with Gasteiger partial charge in [-0.3, -0.25) is 4.98 Å². The molecule has 0 atom stereocenters. The normalized spacial score (nSPS) is 14.9. The summed E-state index contributed by atoms with van der Waals surface area (Å²) in [4.78, 5) is 16.4. The van der Waals surface area contributed by atoms with Crippen molar-refractivity contribution in [2.75, 3.05) is 7.11 Å². The van der Waals surface area contributed by atoms with Crippen LogP contribution < -0.4 is 0 Å². The van der Waals surface area contributed by atoms with Crippen LogP contribution in [0.25, 0.3) is 11.3 Å². The molecule has 2 heterocycles. The number of hydrogen-bond donors (Lipinski definition) is 0. The van der Waals surface area contributed by atoms with Crippen LogP contribution in [-0.2, 0) is 10.4 Å². The number of carbonyl (C=O) groups excluding carboxylic acids is 1. The monoisotopic (exact) mass is 357 g/mol. The van der Waals surface area contributed by atoms with Crippen LogP contribution in [0, 0.1) is 5.92 Å². The third kappa shape index (κ3) is 3.15. The summed E-state index contributed by atoms with van der Waals surface area (Å²) in [7, 11) is 1.34. The second-order valence-electron chi connectivity index (χ2n) is 5.91. The quantitative estimate of drug-likeness (QED) is 0.734. The first-order chi connectivity index (χ1) is 12.0. The smallest absolute Gasteiger partial charge is 0.337 e. The first-order valence-corrected chi connectivity index (χ1v) is 8.04. The summed E-state index contributed by atoms with van der Waals surface area (Å²) >= 11 is 5.91. The van der Waals surface area contributed by atoms with Gasteiger partial charge in [-0.25, -0.2) is 4.79 Å². The predicted octanol–water partition coefficient (Wildman–Crippen LogP) is 4.83. The molecule has 0 aliphatic carbocycles. The lowest BCUT2D eigenvalue weighted by molar-refractivity contribution is 0.0600. The molecule has 128 valence electrons. The van der Waals surface area contributed by atoms with Crippen LogP contribution >= 0.6 is 11.6 Å². The lowest BCUT2D eigenvalue weighted by atomic mass is 9.87. The van der Waals surface area contributed by atoms with E-state index in [9.17, 15) is 4.79 Å². The van der Waals surface area contributed by atoms with Crippen molar-refractivity contribution in [2.24, 2.45) is 26.6 Å². The number of benzene rings is 1. The summed E-state index contributed by atoms with van der Waals surface area (Å²) in [5.74, 6) is -0.468. The number of rotatable bonds is 4. The van der Waals surface area contributed by atoms with E-state index < -0.39 is 11.6 Å². The Balaban J connectivity index is 2.20. The largest absolute Gasteiger partial charge is 0.465 e. The summed E-state index contributed by atoms with van der Waals surface area (Å²) in [6.45, 7) is 3.93. The highest BCUT2D eigenvalue weighted by Crippen LogP contribution is 2.41. The van der Waals surface area contributed by atoms with Crippen molar-refractivity contribution in [3.05, 3.63) is 52.7 Å². The summed E-state index contributed by atoms with van der Waals surface area (Å²) in [5.41, 5.74) is 1.51. The molecule has 1 aromatic heterocycles. The lowest BCUT2D eigenvalue weighted by Crippen LogP contribution is -2.26. The molecule has 0 bridgehead atoms. The van der Waals surface area contributed by atoms with Crippen molar-refractivity contribution in [1.29, 1.82) is 0 Å². The number of ether oxygens (including phenoxy) is 1. The molecule has 0 fully saturated rings. The minimum Gasteiger partial charge on any atom is -0.465 e. The van der Waals surface area contributed by atoms with E-state index in [4.69, 9.17) is 16.3 Å². The molecule has 0 amide bonds. The van der Waals surface area contributed by atoms with E-state index in [2.05, 4.69) is 25.7 Å². The van der Waals surface area contributed by atoms with Crippen LogP contribution in [-0.4, -0.2) is 18.1 Å². The molecule has 1 aliphatic heterocycles. The molecule has 0 radical (unpaired) electrons. The fourth-order valence-corrected chi connectivity index (χ4v) is 2.76. The SMILES string of the molecule is COC(=O)c1cc(-c2ccc(Cl)cn2)cc(C2(C(C)C)N=NN=N2)c1. The van der Waals surface area contributed by atoms with Crippen LogP contribution in [0.3, 0.4) is 0 Å². The van der Waals surface area contributed by atoms with E-state index in [0.29, 0.717) is 21.8 Å². The molecule has 1 aromatic carbocycles. The molecule has 0 spiro atoms. The van der Waals surface area contributed by atoms with Gasteiger partial charge in [0.15, 0.2) is 0 Å². The van der Waals surface area contributed by atoms with Crippen molar-refractivity contribution < 1.29 is 9.53 Å². The van der Waals surface area contributed by atoms with E-state index in [0.717, 1.165) is 5.56 Å². The van der Waals surface area contributed by atoms with Gasteiger partial charge in [0.25, 0.3) is 0 Å². The Kier molecular flexibility index (Phi) is 4.59. The number of aromatic nitrogens is 1. The average Bonchev–Trinajstić information content (AvgIpc) is 3.12. The molecular weight excluding hydrogens is 342 g/mol. The number of methoxy groups -OCH3 is 1. The molecule has 0 N–H and O–H groups in total. The molecular formula is C17H16ClN5O2. The third-order valence-electron chi connectivity index (χ3n) is 4.04. The Morgan fingerprint density at radius 2 is 1.88 bits per heavy atom. The molecule has 1 aliphatic rings. The zero-order valence-electron chi connectivity index (χ0n) is 14.0. The maximum absolute atomic E-state index is 12.1. The number of hydrogen-bond acceptors (Lipinski definition) is 7. The molecule has 7 nitrogen and oxygen atoms in total. The average molecular weight is 358 g/mol. The molecule has 25 heavy (non-hydrogen) atoms. The van der Waals surface area contributed by atoms with Crippen LogP contribution in [0.1, 0.15) is 29.8 Å². The highest BCUT2D eigenvalue weighted by Gasteiger charge is 2.40. The van der Waals surface area contributed by atoms with Gasteiger partial charge >= 0.3 is 5.97 Å². The molecule has 0 saturated heterocycles. The Morgan fingerprint density at radius 1 is 1.16 bits per heavy atom. The summed E-state index contributed by atoms with van der Waals surface area (Å²) < 4.78 is 4.87. The van der Waals surface area contributed by atoms with Crippen LogP contribution in [0.15, 0.2) is 57.2 Å². The predicted molar refractivity (Wildman–Crippen MR) is 92.3 cm³/mol. The van der Waals surface area contributed by atoms with E-state index in [1.807, 2.05) is 19.9 Å². The number of halogens is 1. The topological polar surface area (TPSA) is 88.6 Å². The Hall–Kier alpha value is -2.67.